The minimum absolute atomic E-state index is 0.0534. The number of benzene rings is 1. The standard InChI is InChI=1S/C39H55ClN2O9/c1-4-20-46-28-15-16-33-31(25-28)36-29(13-7-10-19-44)27(12-6-9-18-43)24-30-32(41-51-35-14-8-11-22-47-35)26-34(42(3)38(45)48-23-17-40)39(50-33,37(30)36)49-21-5-2/h4-5,15-16,24-25,27,29,34-37,43-44H,1-2,6-14,17-23,26H2,3H3. The summed E-state index contributed by atoms with van der Waals surface area (Å²) in [7, 11) is 1.69. The predicted molar refractivity (Wildman–Crippen MR) is 195 cm³/mol. The number of carbonyl (C=O) groups excluding carboxylic acids is 1. The van der Waals surface area contributed by atoms with Gasteiger partial charge < -0.3 is 43.6 Å². The number of unbranched alkanes of at least 4 members (excludes halogenated alkanes) is 2. The molecule has 1 amide bonds. The van der Waals surface area contributed by atoms with Gasteiger partial charge in [0.2, 0.25) is 12.1 Å². The van der Waals surface area contributed by atoms with Crippen LogP contribution in [0, 0.1) is 17.8 Å². The molecule has 1 saturated heterocycles. The van der Waals surface area contributed by atoms with Crippen molar-refractivity contribution in [1.29, 1.82) is 0 Å². The van der Waals surface area contributed by atoms with Gasteiger partial charge in [0.05, 0.1) is 30.7 Å². The molecule has 1 aromatic carbocycles. The number of rotatable bonds is 19. The van der Waals surface area contributed by atoms with Crippen LogP contribution in [0.4, 0.5) is 4.79 Å². The van der Waals surface area contributed by atoms with E-state index in [1.807, 2.05) is 12.1 Å². The lowest BCUT2D eigenvalue weighted by Gasteiger charge is -2.59. The van der Waals surface area contributed by atoms with Crippen molar-refractivity contribution in [3.05, 3.63) is 60.7 Å². The van der Waals surface area contributed by atoms with Crippen LogP contribution in [-0.4, -0.2) is 97.6 Å². The number of ether oxygens (including phenoxy) is 5. The Balaban J connectivity index is 1.73. The fourth-order valence-corrected chi connectivity index (χ4v) is 8.32. The number of halogens is 1. The number of aliphatic hydroxyl groups excluding tert-OH is 2. The minimum Gasteiger partial charge on any atom is -0.490 e. The van der Waals surface area contributed by atoms with E-state index < -0.39 is 30.1 Å². The molecule has 282 valence electrons. The van der Waals surface area contributed by atoms with Gasteiger partial charge in [-0.15, -0.1) is 18.2 Å². The molecule has 1 aromatic rings. The molecule has 2 fully saturated rings. The summed E-state index contributed by atoms with van der Waals surface area (Å²) in [6, 6.07) is 5.17. The molecule has 0 spiro atoms. The van der Waals surface area contributed by atoms with Gasteiger partial charge in [-0.05, 0) is 74.1 Å². The topological polar surface area (TPSA) is 129 Å². The lowest BCUT2D eigenvalue weighted by atomic mass is 9.55. The molecule has 1 saturated carbocycles. The SMILES string of the molecule is C=CCOc1ccc2c(c1)C1C(CCCCO)C(CCCCO)C=C3C(=NOC4CCCCO4)CC(N(C)C(=O)OCCCl)C(OCC=C)(O2)C31. The number of alkyl halides is 1. The number of oxime groups is 1. The number of likely N-dealkylation sites (N-methyl/N-ethyl adjacent to an activating group) is 1. The number of amides is 1. The Kier molecular flexibility index (Phi) is 14.7. The summed E-state index contributed by atoms with van der Waals surface area (Å²) in [5, 5.41) is 24.4. The van der Waals surface area contributed by atoms with Crippen molar-refractivity contribution in [2.75, 3.05) is 52.6 Å². The highest BCUT2D eigenvalue weighted by Gasteiger charge is 2.65. The van der Waals surface area contributed by atoms with Crippen LogP contribution in [0.1, 0.15) is 75.7 Å². The van der Waals surface area contributed by atoms with E-state index in [9.17, 15) is 15.0 Å². The molecule has 5 rings (SSSR count). The highest BCUT2D eigenvalue weighted by molar-refractivity contribution is 6.18. The Hall–Kier alpha value is -3.09. The summed E-state index contributed by atoms with van der Waals surface area (Å²) < 4.78 is 31.4. The molecular weight excluding hydrogens is 676 g/mol. The Morgan fingerprint density at radius 3 is 2.61 bits per heavy atom. The smallest absolute Gasteiger partial charge is 0.410 e. The van der Waals surface area contributed by atoms with Crippen molar-refractivity contribution in [3.8, 4) is 11.5 Å². The number of hydrogen-bond acceptors (Lipinski definition) is 10. The molecule has 7 atom stereocenters. The van der Waals surface area contributed by atoms with Crippen LogP contribution in [0.2, 0.25) is 0 Å². The molecule has 7 unspecified atom stereocenters. The average Bonchev–Trinajstić information content (AvgIpc) is 3.15. The zero-order valence-electron chi connectivity index (χ0n) is 29.9. The maximum atomic E-state index is 13.6. The van der Waals surface area contributed by atoms with E-state index in [1.165, 1.54) is 4.90 Å². The molecule has 11 nitrogen and oxygen atoms in total. The molecule has 2 aliphatic carbocycles. The summed E-state index contributed by atoms with van der Waals surface area (Å²) in [6.45, 7) is 9.19. The normalized spacial score (nSPS) is 28.8. The summed E-state index contributed by atoms with van der Waals surface area (Å²) in [6.07, 6.45) is 12.4. The fourth-order valence-electron chi connectivity index (χ4n) is 8.24. The quantitative estimate of drug-likeness (QED) is 0.0690. The Morgan fingerprint density at radius 1 is 1.12 bits per heavy atom. The number of allylic oxidation sites excluding steroid dienone is 1. The van der Waals surface area contributed by atoms with Gasteiger partial charge in [0.25, 0.3) is 0 Å². The van der Waals surface area contributed by atoms with Crippen molar-refractivity contribution in [2.24, 2.45) is 22.9 Å². The molecule has 0 radical (unpaired) electrons. The van der Waals surface area contributed by atoms with Crippen molar-refractivity contribution in [2.45, 2.75) is 88.2 Å². The second-order valence-corrected chi connectivity index (χ2v) is 14.1. The van der Waals surface area contributed by atoms with Crippen LogP contribution in [0.15, 0.2) is 60.3 Å². The average molecular weight is 731 g/mol. The van der Waals surface area contributed by atoms with Crippen molar-refractivity contribution < 1.29 is 43.5 Å². The number of hydrogen-bond donors (Lipinski definition) is 2. The highest BCUT2D eigenvalue weighted by Crippen LogP contribution is 2.61. The Morgan fingerprint density at radius 2 is 1.90 bits per heavy atom. The number of carbonyl (C=O) groups is 1. The van der Waals surface area contributed by atoms with Gasteiger partial charge in [-0.25, -0.2) is 4.79 Å². The molecule has 4 aliphatic rings. The van der Waals surface area contributed by atoms with Crippen LogP contribution in [0.25, 0.3) is 0 Å². The lowest BCUT2D eigenvalue weighted by Crippen LogP contribution is -2.69. The van der Waals surface area contributed by atoms with E-state index in [0.29, 0.717) is 43.3 Å². The van der Waals surface area contributed by atoms with Crippen molar-refractivity contribution >= 4 is 23.4 Å². The van der Waals surface area contributed by atoms with Gasteiger partial charge in [-0.2, -0.15) is 0 Å². The molecule has 0 bridgehead atoms. The maximum Gasteiger partial charge on any atom is 0.410 e. The van der Waals surface area contributed by atoms with Gasteiger partial charge in [-0.1, -0.05) is 42.8 Å². The van der Waals surface area contributed by atoms with E-state index in [2.05, 4.69) is 25.3 Å². The maximum absolute atomic E-state index is 13.6. The first kappa shape index (κ1) is 39.1. The predicted octanol–water partition coefficient (Wildman–Crippen LogP) is 6.72. The molecular formula is C39H55ClN2O9. The zero-order valence-corrected chi connectivity index (χ0v) is 30.6. The summed E-state index contributed by atoms with van der Waals surface area (Å²) >= 11 is 5.92. The van der Waals surface area contributed by atoms with Crippen molar-refractivity contribution in [1.82, 2.24) is 4.90 Å². The van der Waals surface area contributed by atoms with Crippen molar-refractivity contribution in [3.63, 3.8) is 0 Å². The largest absolute Gasteiger partial charge is 0.490 e. The second kappa shape index (κ2) is 19.1. The zero-order chi connectivity index (χ0) is 36.2. The van der Waals surface area contributed by atoms with Crippen LogP contribution in [-0.2, 0) is 19.0 Å². The Labute approximate surface area is 307 Å². The highest BCUT2D eigenvalue weighted by atomic mass is 35.5. The molecule has 0 aromatic heterocycles. The van der Waals surface area contributed by atoms with Gasteiger partial charge in [0.1, 0.15) is 30.8 Å². The molecule has 2 N–H and O–H groups in total. The van der Waals surface area contributed by atoms with E-state index >= 15 is 0 Å². The first-order valence-corrected chi connectivity index (χ1v) is 19.0. The van der Waals surface area contributed by atoms with Gasteiger partial charge >= 0.3 is 6.09 Å². The Bertz CT molecular complexity index is 1380. The van der Waals surface area contributed by atoms with Crippen LogP contribution in [0.5, 0.6) is 11.5 Å². The molecule has 12 heteroatoms. The second-order valence-electron chi connectivity index (χ2n) is 13.7. The van der Waals surface area contributed by atoms with E-state index in [1.54, 1.807) is 19.2 Å². The first-order chi connectivity index (χ1) is 24.9. The van der Waals surface area contributed by atoms with Gasteiger partial charge in [-0.3, -0.25) is 0 Å². The first-order valence-electron chi connectivity index (χ1n) is 18.5. The number of nitrogens with zero attached hydrogens (tertiary/aromatic N) is 2. The summed E-state index contributed by atoms with van der Waals surface area (Å²) in [4.78, 5) is 21.3. The molecule has 2 heterocycles. The molecule has 2 aliphatic heterocycles. The summed E-state index contributed by atoms with van der Waals surface area (Å²) in [5.41, 5.74) is 2.63. The number of aliphatic hydroxyl groups is 2. The molecule has 51 heavy (non-hydrogen) atoms. The van der Waals surface area contributed by atoms with Gasteiger partial charge in [0, 0.05) is 44.6 Å². The van der Waals surface area contributed by atoms with Gasteiger partial charge in [0.15, 0.2) is 0 Å². The van der Waals surface area contributed by atoms with Crippen LogP contribution < -0.4 is 9.47 Å². The minimum atomic E-state index is -1.36. The summed E-state index contributed by atoms with van der Waals surface area (Å²) in [5.74, 6) is -0.223. The van der Waals surface area contributed by atoms with Crippen LogP contribution >= 0.6 is 11.6 Å². The van der Waals surface area contributed by atoms with E-state index in [-0.39, 0.29) is 56.5 Å². The lowest BCUT2D eigenvalue weighted by molar-refractivity contribution is -0.254. The van der Waals surface area contributed by atoms with E-state index in [4.69, 9.17) is 45.3 Å². The third-order valence-corrected chi connectivity index (χ3v) is 10.6. The monoisotopic (exact) mass is 730 g/mol. The van der Waals surface area contributed by atoms with E-state index in [0.717, 1.165) is 56.1 Å². The third-order valence-electron chi connectivity index (χ3n) is 10.5. The van der Waals surface area contributed by atoms with Crippen LogP contribution in [0.3, 0.4) is 0 Å². The fraction of sp³-hybridized carbons (Fsp3) is 0.641. The third kappa shape index (κ3) is 8.93. The number of fused-ring (bicyclic) bond motifs is 2.